The van der Waals surface area contributed by atoms with E-state index >= 15 is 0 Å². The lowest BCUT2D eigenvalue weighted by Crippen LogP contribution is -2.56. The van der Waals surface area contributed by atoms with E-state index in [1.807, 2.05) is 80.6 Å². The van der Waals surface area contributed by atoms with Crippen LogP contribution in [0.5, 0.6) is 0 Å². The summed E-state index contributed by atoms with van der Waals surface area (Å²) in [6, 6.07) is 7.47. The highest BCUT2D eigenvalue weighted by Gasteiger charge is 2.28. The fourth-order valence-electron chi connectivity index (χ4n) is 2.84. The number of alkyl carbamates (subject to hydrolysis) is 1. The SMILES string of the molecule is CC(C)C[C@H](NC(=O)OCc1ccccc1)C(=O)N[C@@H](CC(C)C)C(=O)NNC(=O)CI. The Hall–Kier alpha value is -2.37. The lowest BCUT2D eigenvalue weighted by atomic mass is 10.0. The number of nitrogens with one attached hydrogen (secondary N) is 4. The monoisotopic (exact) mass is 560 g/mol. The maximum absolute atomic E-state index is 12.9. The van der Waals surface area contributed by atoms with Crippen LogP contribution >= 0.6 is 22.6 Å². The first kappa shape index (κ1) is 27.7. The zero-order chi connectivity index (χ0) is 24.1. The van der Waals surface area contributed by atoms with Gasteiger partial charge in [-0.05, 0) is 30.2 Å². The summed E-state index contributed by atoms with van der Waals surface area (Å²) in [5.41, 5.74) is 5.46. The number of hydrogen-bond donors (Lipinski definition) is 4. The Morgan fingerprint density at radius 2 is 1.41 bits per heavy atom. The Balaban J connectivity index is 2.77. The minimum Gasteiger partial charge on any atom is -0.445 e. The molecule has 0 heterocycles. The summed E-state index contributed by atoms with van der Waals surface area (Å²) >= 11 is 1.87. The van der Waals surface area contributed by atoms with E-state index in [1.165, 1.54) is 0 Å². The lowest BCUT2D eigenvalue weighted by Gasteiger charge is -2.25. The average molecular weight is 560 g/mol. The normalized spacial score (nSPS) is 12.6. The number of carbonyl (C=O) groups excluding carboxylic acids is 4. The zero-order valence-corrected chi connectivity index (χ0v) is 21.1. The Bertz CT molecular complexity index is 758. The third-order valence-electron chi connectivity index (χ3n) is 4.32. The van der Waals surface area contributed by atoms with Crippen molar-refractivity contribution in [3.63, 3.8) is 0 Å². The quantitative estimate of drug-likeness (QED) is 0.188. The number of hydrazine groups is 1. The molecule has 0 aliphatic heterocycles. The molecule has 0 saturated carbocycles. The number of amides is 4. The van der Waals surface area contributed by atoms with Crippen molar-refractivity contribution >= 4 is 46.4 Å². The number of alkyl halides is 1. The first-order valence-electron chi connectivity index (χ1n) is 10.5. The standard InChI is InChI=1S/C22H33IN4O5/c1-14(2)10-17(25-22(31)32-13-16-8-6-5-7-9-16)20(29)24-18(11-15(3)4)21(30)27-26-19(28)12-23/h5-9,14-15,17-18H,10-13H2,1-4H3,(H,24,29)(H,25,31)(H,26,28)(H,27,30)/t17-,18-/m0/s1. The second kappa shape index (κ2) is 14.6. The Morgan fingerprint density at radius 3 is 1.94 bits per heavy atom. The summed E-state index contributed by atoms with van der Waals surface area (Å²) in [6.07, 6.45) is 0.0205. The smallest absolute Gasteiger partial charge is 0.408 e. The van der Waals surface area contributed by atoms with E-state index in [0.717, 1.165) is 5.56 Å². The number of rotatable bonds is 11. The van der Waals surface area contributed by atoms with Gasteiger partial charge in [0.25, 0.3) is 5.91 Å². The topological polar surface area (TPSA) is 126 Å². The van der Waals surface area contributed by atoms with Gasteiger partial charge in [-0.1, -0.05) is 80.6 Å². The van der Waals surface area contributed by atoms with Crippen molar-refractivity contribution in [3.8, 4) is 0 Å². The van der Waals surface area contributed by atoms with Crippen molar-refractivity contribution in [3.05, 3.63) is 35.9 Å². The predicted octanol–water partition coefficient (Wildman–Crippen LogP) is 2.44. The first-order valence-corrected chi connectivity index (χ1v) is 12.1. The fourth-order valence-corrected chi connectivity index (χ4v) is 3.03. The van der Waals surface area contributed by atoms with Crippen LogP contribution in [0, 0.1) is 11.8 Å². The number of benzene rings is 1. The molecule has 10 heteroatoms. The molecule has 4 N–H and O–H groups in total. The van der Waals surface area contributed by atoms with Gasteiger partial charge in [0, 0.05) is 0 Å². The van der Waals surface area contributed by atoms with Crippen molar-refractivity contribution in [2.75, 3.05) is 4.43 Å². The zero-order valence-electron chi connectivity index (χ0n) is 18.9. The van der Waals surface area contributed by atoms with Crippen LogP contribution in [0.15, 0.2) is 30.3 Å². The van der Waals surface area contributed by atoms with Crippen molar-refractivity contribution < 1.29 is 23.9 Å². The molecule has 0 fully saturated rings. The van der Waals surface area contributed by atoms with Gasteiger partial charge in [-0.2, -0.15) is 0 Å². The molecule has 0 aliphatic rings. The third-order valence-corrected chi connectivity index (χ3v) is 5.01. The molecule has 0 radical (unpaired) electrons. The minimum absolute atomic E-state index is 0.0809. The maximum Gasteiger partial charge on any atom is 0.408 e. The van der Waals surface area contributed by atoms with E-state index in [9.17, 15) is 19.2 Å². The van der Waals surface area contributed by atoms with Crippen molar-refractivity contribution in [1.82, 2.24) is 21.5 Å². The molecule has 0 spiro atoms. The Morgan fingerprint density at radius 1 is 0.844 bits per heavy atom. The van der Waals surface area contributed by atoms with Gasteiger partial charge in [-0.3, -0.25) is 25.2 Å². The second-order valence-electron chi connectivity index (χ2n) is 8.25. The van der Waals surface area contributed by atoms with Crippen molar-refractivity contribution in [1.29, 1.82) is 0 Å². The van der Waals surface area contributed by atoms with Crippen molar-refractivity contribution in [2.45, 2.75) is 59.2 Å². The summed E-state index contributed by atoms with van der Waals surface area (Å²) in [5.74, 6) is -1.15. The minimum atomic E-state index is -0.871. The van der Waals surface area contributed by atoms with E-state index in [0.29, 0.717) is 12.8 Å². The molecule has 0 saturated heterocycles. The molecule has 9 nitrogen and oxygen atoms in total. The first-order chi connectivity index (χ1) is 15.1. The maximum atomic E-state index is 12.9. The molecule has 0 unspecified atom stereocenters. The van der Waals surface area contributed by atoms with Crippen LogP contribution < -0.4 is 21.5 Å². The molecular weight excluding hydrogens is 527 g/mol. The third kappa shape index (κ3) is 11.3. The molecule has 4 amide bonds. The molecule has 2 atom stereocenters. The second-order valence-corrected chi connectivity index (χ2v) is 9.01. The van der Waals surface area contributed by atoms with Crippen LogP contribution in [0.2, 0.25) is 0 Å². The summed E-state index contributed by atoms with van der Waals surface area (Å²) in [5, 5.41) is 5.30. The van der Waals surface area contributed by atoms with E-state index in [2.05, 4.69) is 21.5 Å². The number of carbonyl (C=O) groups is 4. The predicted molar refractivity (Wildman–Crippen MR) is 130 cm³/mol. The van der Waals surface area contributed by atoms with Gasteiger partial charge < -0.3 is 15.4 Å². The van der Waals surface area contributed by atoms with Crippen LogP contribution in [0.25, 0.3) is 0 Å². The van der Waals surface area contributed by atoms with E-state index in [-0.39, 0.29) is 28.8 Å². The van der Waals surface area contributed by atoms with Crippen molar-refractivity contribution in [2.24, 2.45) is 11.8 Å². The molecule has 1 aromatic carbocycles. The molecule has 178 valence electrons. The Labute approximate surface area is 202 Å². The molecule has 0 aromatic heterocycles. The van der Waals surface area contributed by atoms with Gasteiger partial charge in [-0.15, -0.1) is 0 Å². The Kier molecular flexibility index (Phi) is 12.7. The highest BCUT2D eigenvalue weighted by Crippen LogP contribution is 2.09. The molecule has 32 heavy (non-hydrogen) atoms. The largest absolute Gasteiger partial charge is 0.445 e. The van der Waals surface area contributed by atoms with E-state index in [4.69, 9.17) is 4.74 Å². The van der Waals surface area contributed by atoms with Gasteiger partial charge in [0.05, 0.1) is 4.43 Å². The van der Waals surface area contributed by atoms with Gasteiger partial charge in [0.15, 0.2) is 0 Å². The summed E-state index contributed by atoms with van der Waals surface area (Å²) < 4.78 is 5.41. The van der Waals surface area contributed by atoms with Gasteiger partial charge >= 0.3 is 6.09 Å². The van der Waals surface area contributed by atoms with Crippen LogP contribution in [0.4, 0.5) is 4.79 Å². The number of ether oxygens (including phenoxy) is 1. The van der Waals surface area contributed by atoms with Gasteiger partial charge in [-0.25, -0.2) is 4.79 Å². The number of halogens is 1. The highest BCUT2D eigenvalue weighted by atomic mass is 127. The highest BCUT2D eigenvalue weighted by molar-refractivity contribution is 14.1. The molecule has 1 rings (SSSR count). The molecule has 0 aliphatic carbocycles. The molecule has 1 aromatic rings. The molecule has 0 bridgehead atoms. The van der Waals surface area contributed by atoms with Crippen LogP contribution in [0.3, 0.4) is 0 Å². The van der Waals surface area contributed by atoms with Gasteiger partial charge in [0.1, 0.15) is 18.7 Å². The average Bonchev–Trinajstić information content (AvgIpc) is 2.74. The number of hydrogen-bond acceptors (Lipinski definition) is 5. The summed E-state index contributed by atoms with van der Waals surface area (Å²) in [7, 11) is 0. The summed E-state index contributed by atoms with van der Waals surface area (Å²) in [6.45, 7) is 7.77. The van der Waals surface area contributed by atoms with Crippen LogP contribution in [0.1, 0.15) is 46.1 Å². The summed E-state index contributed by atoms with van der Waals surface area (Å²) in [4.78, 5) is 49.1. The lowest BCUT2D eigenvalue weighted by molar-refractivity contribution is -0.132. The molecular formula is C22H33IN4O5. The van der Waals surface area contributed by atoms with Crippen LogP contribution in [-0.4, -0.2) is 40.3 Å². The van der Waals surface area contributed by atoms with Gasteiger partial charge in [0.2, 0.25) is 11.8 Å². The van der Waals surface area contributed by atoms with E-state index < -0.39 is 30.0 Å². The van der Waals surface area contributed by atoms with E-state index in [1.54, 1.807) is 0 Å². The fraction of sp³-hybridized carbons (Fsp3) is 0.545. The van der Waals surface area contributed by atoms with Crippen LogP contribution in [-0.2, 0) is 25.7 Å².